The molecule has 0 saturated carbocycles. The molecule has 0 atom stereocenters. The third kappa shape index (κ3) is 2.41. The molecule has 0 aromatic carbocycles. The lowest BCUT2D eigenvalue weighted by Crippen LogP contribution is -2.24. The number of cyclic esters (lactones) is 2. The van der Waals surface area contributed by atoms with E-state index < -0.39 is 11.9 Å². The Morgan fingerprint density at radius 3 is 2.47 bits per heavy atom. The number of halogens is 1. The smallest absolute Gasteiger partial charge is 0.314 e. The number of hydrogen-bond acceptors (Lipinski definition) is 4. The molecule has 0 bridgehead atoms. The van der Waals surface area contributed by atoms with Gasteiger partial charge in [0.2, 0.25) is 0 Å². The summed E-state index contributed by atoms with van der Waals surface area (Å²) in [7, 11) is 0. The van der Waals surface area contributed by atoms with Crippen molar-refractivity contribution in [2.75, 3.05) is 0 Å². The summed E-state index contributed by atoms with van der Waals surface area (Å²) in [5.41, 5.74) is 0.892. The van der Waals surface area contributed by atoms with Crippen molar-refractivity contribution in [1.29, 1.82) is 0 Å². The summed E-state index contributed by atoms with van der Waals surface area (Å²) in [4.78, 5) is 26.2. The molecule has 1 saturated heterocycles. The standard InChI is InChI=1S/C10H8BrNO3/c11-8-2-1-6(5-12-8)7-3-9(13)15-10(14)4-7/h1-2,5,7H,3-4H2. The summed E-state index contributed by atoms with van der Waals surface area (Å²) in [5, 5.41) is 0. The number of nitrogens with zero attached hydrogens (tertiary/aromatic N) is 1. The molecule has 0 N–H and O–H groups in total. The Labute approximate surface area is 94.8 Å². The molecule has 1 aliphatic rings. The Morgan fingerprint density at radius 1 is 1.27 bits per heavy atom. The highest BCUT2D eigenvalue weighted by molar-refractivity contribution is 9.10. The quantitative estimate of drug-likeness (QED) is 0.443. The fraction of sp³-hybridized carbons (Fsp3) is 0.300. The van der Waals surface area contributed by atoms with E-state index >= 15 is 0 Å². The summed E-state index contributed by atoms with van der Waals surface area (Å²) in [6.45, 7) is 0. The molecule has 1 aromatic heterocycles. The first-order chi connectivity index (χ1) is 7.15. The van der Waals surface area contributed by atoms with E-state index in [-0.39, 0.29) is 18.8 Å². The Bertz CT molecular complexity index is 386. The van der Waals surface area contributed by atoms with Crippen molar-refractivity contribution in [3.05, 3.63) is 28.5 Å². The van der Waals surface area contributed by atoms with Crippen LogP contribution in [0.3, 0.4) is 0 Å². The Morgan fingerprint density at radius 2 is 1.93 bits per heavy atom. The zero-order valence-electron chi connectivity index (χ0n) is 7.77. The lowest BCUT2D eigenvalue weighted by Gasteiger charge is -2.19. The van der Waals surface area contributed by atoms with Crippen LogP contribution in [0, 0.1) is 0 Å². The average Bonchev–Trinajstić information content (AvgIpc) is 2.17. The van der Waals surface area contributed by atoms with E-state index in [9.17, 15) is 9.59 Å². The number of esters is 2. The number of ether oxygens (including phenoxy) is 1. The van der Waals surface area contributed by atoms with Crippen LogP contribution >= 0.6 is 15.9 Å². The maximum absolute atomic E-state index is 11.1. The number of rotatable bonds is 1. The molecule has 2 rings (SSSR count). The summed E-state index contributed by atoms with van der Waals surface area (Å²) in [6, 6.07) is 3.65. The monoisotopic (exact) mass is 269 g/mol. The first-order valence-electron chi connectivity index (χ1n) is 4.50. The van der Waals surface area contributed by atoms with Crippen molar-refractivity contribution in [3.63, 3.8) is 0 Å². The summed E-state index contributed by atoms with van der Waals surface area (Å²) in [5.74, 6) is -1.02. The molecule has 15 heavy (non-hydrogen) atoms. The number of aromatic nitrogens is 1. The fourth-order valence-corrected chi connectivity index (χ4v) is 1.78. The second kappa shape index (κ2) is 4.10. The number of pyridine rings is 1. The summed E-state index contributed by atoms with van der Waals surface area (Å²) < 4.78 is 5.19. The molecule has 5 heteroatoms. The van der Waals surface area contributed by atoms with Crippen LogP contribution in [-0.2, 0) is 14.3 Å². The molecular formula is C10H8BrNO3. The zero-order chi connectivity index (χ0) is 10.8. The minimum absolute atomic E-state index is 0.0978. The van der Waals surface area contributed by atoms with Crippen LogP contribution in [-0.4, -0.2) is 16.9 Å². The molecule has 0 unspecified atom stereocenters. The molecule has 1 aliphatic heterocycles. The normalized spacial score (nSPS) is 17.7. The van der Waals surface area contributed by atoms with Gasteiger partial charge in [-0.1, -0.05) is 6.07 Å². The van der Waals surface area contributed by atoms with E-state index in [2.05, 4.69) is 25.7 Å². The maximum Gasteiger partial charge on any atom is 0.314 e. The number of carbonyl (C=O) groups is 2. The van der Waals surface area contributed by atoms with Crippen molar-refractivity contribution < 1.29 is 14.3 Å². The van der Waals surface area contributed by atoms with E-state index in [1.165, 1.54) is 0 Å². The Hall–Kier alpha value is -1.23. The van der Waals surface area contributed by atoms with Gasteiger partial charge in [0.15, 0.2) is 0 Å². The van der Waals surface area contributed by atoms with Gasteiger partial charge in [0, 0.05) is 12.1 Å². The van der Waals surface area contributed by atoms with Gasteiger partial charge in [-0.2, -0.15) is 0 Å². The van der Waals surface area contributed by atoms with Crippen molar-refractivity contribution in [2.45, 2.75) is 18.8 Å². The van der Waals surface area contributed by atoms with E-state index in [1.54, 1.807) is 12.3 Å². The molecular weight excluding hydrogens is 262 g/mol. The third-order valence-electron chi connectivity index (χ3n) is 2.28. The molecule has 0 amide bonds. The van der Waals surface area contributed by atoms with Crippen LogP contribution in [0.25, 0.3) is 0 Å². The first kappa shape index (κ1) is 10.3. The first-order valence-corrected chi connectivity index (χ1v) is 5.29. The van der Waals surface area contributed by atoms with Gasteiger partial charge in [-0.25, -0.2) is 4.98 Å². The molecule has 78 valence electrons. The topological polar surface area (TPSA) is 56.3 Å². The van der Waals surface area contributed by atoms with E-state index in [4.69, 9.17) is 0 Å². The SMILES string of the molecule is O=C1CC(c2ccc(Br)nc2)CC(=O)O1. The number of carbonyl (C=O) groups excluding carboxylic acids is 2. The molecule has 0 radical (unpaired) electrons. The van der Waals surface area contributed by atoms with Crippen molar-refractivity contribution in [1.82, 2.24) is 4.98 Å². The predicted molar refractivity (Wildman–Crippen MR) is 55.0 cm³/mol. The van der Waals surface area contributed by atoms with Crippen LogP contribution in [0.5, 0.6) is 0 Å². The second-order valence-corrected chi connectivity index (χ2v) is 4.18. The van der Waals surface area contributed by atoms with Crippen molar-refractivity contribution >= 4 is 27.9 Å². The van der Waals surface area contributed by atoms with Gasteiger partial charge in [-0.05, 0) is 27.6 Å². The second-order valence-electron chi connectivity index (χ2n) is 3.37. The van der Waals surface area contributed by atoms with E-state index in [0.29, 0.717) is 0 Å². The van der Waals surface area contributed by atoms with Crippen molar-refractivity contribution in [3.8, 4) is 0 Å². The lowest BCUT2D eigenvalue weighted by atomic mass is 9.92. The molecule has 2 heterocycles. The van der Waals surface area contributed by atoms with E-state index in [1.807, 2.05) is 6.07 Å². The Kier molecular flexibility index (Phi) is 2.81. The highest BCUT2D eigenvalue weighted by Crippen LogP contribution is 2.28. The molecule has 1 aromatic rings. The van der Waals surface area contributed by atoms with Crippen molar-refractivity contribution in [2.24, 2.45) is 0 Å². The van der Waals surface area contributed by atoms with Gasteiger partial charge in [0.1, 0.15) is 4.60 Å². The predicted octanol–water partition coefficient (Wildman–Crippen LogP) is 1.79. The van der Waals surface area contributed by atoms with Gasteiger partial charge in [-0.15, -0.1) is 0 Å². The van der Waals surface area contributed by atoms with Crippen LogP contribution in [0.4, 0.5) is 0 Å². The summed E-state index contributed by atoms with van der Waals surface area (Å²) >= 11 is 3.22. The minimum atomic E-state index is -0.459. The van der Waals surface area contributed by atoms with Crippen LogP contribution in [0.1, 0.15) is 24.3 Å². The molecule has 0 spiro atoms. The summed E-state index contributed by atoms with van der Waals surface area (Å²) in [6.07, 6.45) is 2.16. The fourth-order valence-electron chi connectivity index (χ4n) is 1.55. The van der Waals surface area contributed by atoms with Gasteiger partial charge < -0.3 is 4.74 Å². The highest BCUT2D eigenvalue weighted by atomic mass is 79.9. The van der Waals surface area contributed by atoms with Crippen LogP contribution in [0.2, 0.25) is 0 Å². The van der Waals surface area contributed by atoms with Gasteiger partial charge in [0.25, 0.3) is 0 Å². The van der Waals surface area contributed by atoms with Gasteiger partial charge in [0.05, 0.1) is 12.8 Å². The minimum Gasteiger partial charge on any atom is -0.393 e. The molecule has 0 aliphatic carbocycles. The largest absolute Gasteiger partial charge is 0.393 e. The maximum atomic E-state index is 11.1. The Balaban J connectivity index is 2.19. The highest BCUT2D eigenvalue weighted by Gasteiger charge is 2.28. The zero-order valence-corrected chi connectivity index (χ0v) is 9.36. The number of hydrogen-bond donors (Lipinski definition) is 0. The lowest BCUT2D eigenvalue weighted by molar-refractivity contribution is -0.163. The molecule has 1 fully saturated rings. The molecule has 4 nitrogen and oxygen atoms in total. The van der Waals surface area contributed by atoms with Gasteiger partial charge >= 0.3 is 11.9 Å². The average molecular weight is 270 g/mol. The van der Waals surface area contributed by atoms with Crippen LogP contribution in [0.15, 0.2) is 22.9 Å². The van der Waals surface area contributed by atoms with Gasteiger partial charge in [-0.3, -0.25) is 9.59 Å². The third-order valence-corrected chi connectivity index (χ3v) is 2.74. The van der Waals surface area contributed by atoms with E-state index in [0.717, 1.165) is 10.2 Å². The van der Waals surface area contributed by atoms with Crippen LogP contribution < -0.4 is 0 Å².